The number of carbonyl (C=O) groups is 1. The van der Waals surface area contributed by atoms with Crippen LogP contribution in [0.1, 0.15) is 13.3 Å². The summed E-state index contributed by atoms with van der Waals surface area (Å²) in [6.07, 6.45) is 10.2. The SMILES string of the molecule is CN1C(=O)C[C@@](C)(C2=CN(c3cccc(I)c3)C=CC=C2)N=C1N. The number of rotatable bonds is 2. The molecule has 1 amide bonds. The first-order valence-electron chi connectivity index (χ1n) is 7.62. The van der Waals surface area contributed by atoms with Crippen molar-refractivity contribution >= 4 is 40.1 Å². The number of aliphatic imine (C=N–C) groups is 1. The van der Waals surface area contributed by atoms with Gasteiger partial charge in [0.25, 0.3) is 0 Å². The lowest BCUT2D eigenvalue weighted by atomic mass is 9.87. The van der Waals surface area contributed by atoms with Crippen molar-refractivity contribution in [1.82, 2.24) is 4.90 Å². The Morgan fingerprint density at radius 1 is 1.33 bits per heavy atom. The summed E-state index contributed by atoms with van der Waals surface area (Å²) in [5.41, 5.74) is 7.25. The second kappa shape index (κ2) is 6.43. The Bertz CT molecular complexity index is 796. The van der Waals surface area contributed by atoms with Crippen molar-refractivity contribution in [3.8, 4) is 0 Å². The first kappa shape index (κ1) is 16.8. The normalized spacial score (nSPS) is 23.9. The van der Waals surface area contributed by atoms with E-state index in [2.05, 4.69) is 39.7 Å². The summed E-state index contributed by atoms with van der Waals surface area (Å²) in [7, 11) is 1.65. The molecule has 3 rings (SSSR count). The van der Waals surface area contributed by atoms with Crippen LogP contribution in [-0.2, 0) is 4.79 Å². The Morgan fingerprint density at radius 3 is 2.83 bits per heavy atom. The van der Waals surface area contributed by atoms with Crippen molar-refractivity contribution in [2.75, 3.05) is 11.9 Å². The quantitative estimate of drug-likeness (QED) is 0.729. The van der Waals surface area contributed by atoms with Crippen LogP contribution < -0.4 is 10.6 Å². The first-order chi connectivity index (χ1) is 11.4. The van der Waals surface area contributed by atoms with Crippen LogP contribution in [0.4, 0.5) is 5.69 Å². The average Bonchev–Trinajstić information content (AvgIpc) is 2.79. The molecule has 0 fully saturated rings. The number of halogens is 1. The number of hydrogen-bond acceptors (Lipinski definition) is 4. The van der Waals surface area contributed by atoms with Gasteiger partial charge in [-0.3, -0.25) is 9.69 Å². The lowest BCUT2D eigenvalue weighted by Crippen LogP contribution is -2.49. The van der Waals surface area contributed by atoms with Crippen molar-refractivity contribution in [2.24, 2.45) is 10.7 Å². The van der Waals surface area contributed by atoms with Gasteiger partial charge in [0.1, 0.15) is 0 Å². The zero-order valence-corrected chi connectivity index (χ0v) is 15.8. The summed E-state index contributed by atoms with van der Waals surface area (Å²) >= 11 is 2.29. The zero-order valence-electron chi connectivity index (χ0n) is 13.6. The molecule has 0 saturated heterocycles. The molecule has 24 heavy (non-hydrogen) atoms. The van der Waals surface area contributed by atoms with Gasteiger partial charge in [-0.05, 0) is 59.4 Å². The molecule has 1 atom stereocenters. The molecule has 2 aliphatic rings. The molecule has 0 aromatic heterocycles. The van der Waals surface area contributed by atoms with E-state index in [1.165, 1.54) is 4.90 Å². The number of hydrogen-bond donors (Lipinski definition) is 1. The molecule has 6 heteroatoms. The molecular formula is C18H19IN4O. The van der Waals surface area contributed by atoms with Gasteiger partial charge in [-0.2, -0.15) is 0 Å². The highest BCUT2D eigenvalue weighted by Crippen LogP contribution is 2.32. The number of nitrogens with two attached hydrogens (primary N) is 1. The molecule has 2 aliphatic heterocycles. The predicted octanol–water partition coefficient (Wildman–Crippen LogP) is 3.00. The van der Waals surface area contributed by atoms with Crippen molar-refractivity contribution in [2.45, 2.75) is 18.9 Å². The molecule has 5 nitrogen and oxygen atoms in total. The Morgan fingerprint density at radius 2 is 2.12 bits per heavy atom. The Hall–Kier alpha value is -2.09. The van der Waals surface area contributed by atoms with Crippen LogP contribution in [0.2, 0.25) is 0 Å². The fraction of sp³-hybridized carbons (Fsp3) is 0.222. The number of amides is 1. The average molecular weight is 434 g/mol. The van der Waals surface area contributed by atoms with Gasteiger partial charge in [-0.1, -0.05) is 18.2 Å². The van der Waals surface area contributed by atoms with E-state index in [1.54, 1.807) is 7.05 Å². The Kier molecular flexibility index (Phi) is 4.49. The molecule has 1 aromatic carbocycles. The van der Waals surface area contributed by atoms with Crippen molar-refractivity contribution in [3.05, 3.63) is 64.0 Å². The van der Waals surface area contributed by atoms with Crippen LogP contribution in [0.25, 0.3) is 0 Å². The van der Waals surface area contributed by atoms with Crippen LogP contribution in [0.3, 0.4) is 0 Å². The topological polar surface area (TPSA) is 61.9 Å². The lowest BCUT2D eigenvalue weighted by Gasteiger charge is -2.34. The van der Waals surface area contributed by atoms with E-state index in [-0.39, 0.29) is 11.9 Å². The van der Waals surface area contributed by atoms with E-state index < -0.39 is 5.54 Å². The molecule has 0 saturated carbocycles. The second-order valence-corrected chi connectivity index (χ2v) is 7.29. The van der Waals surface area contributed by atoms with E-state index in [0.29, 0.717) is 6.42 Å². The summed E-state index contributed by atoms with van der Waals surface area (Å²) in [6, 6.07) is 8.22. The fourth-order valence-corrected chi connectivity index (χ4v) is 3.25. The molecule has 2 heterocycles. The Labute approximate surface area is 155 Å². The maximum atomic E-state index is 12.2. The highest BCUT2D eigenvalue weighted by Gasteiger charge is 2.37. The van der Waals surface area contributed by atoms with Gasteiger partial charge in [0, 0.05) is 28.7 Å². The highest BCUT2D eigenvalue weighted by atomic mass is 127. The van der Waals surface area contributed by atoms with E-state index in [1.807, 2.05) is 54.6 Å². The third-order valence-corrected chi connectivity index (χ3v) is 4.89. The molecule has 0 unspecified atom stereocenters. The molecule has 124 valence electrons. The maximum absolute atomic E-state index is 12.2. The van der Waals surface area contributed by atoms with E-state index in [9.17, 15) is 4.79 Å². The van der Waals surface area contributed by atoms with Gasteiger partial charge in [-0.15, -0.1) is 0 Å². The number of anilines is 1. The van der Waals surface area contributed by atoms with Crippen LogP contribution in [0, 0.1) is 3.57 Å². The summed E-state index contributed by atoms with van der Waals surface area (Å²) in [4.78, 5) is 20.2. The maximum Gasteiger partial charge on any atom is 0.231 e. The number of benzene rings is 1. The molecular weight excluding hydrogens is 415 g/mol. The molecule has 0 aliphatic carbocycles. The zero-order chi connectivity index (χ0) is 17.3. The van der Waals surface area contributed by atoms with E-state index in [0.717, 1.165) is 14.8 Å². The predicted molar refractivity (Wildman–Crippen MR) is 105 cm³/mol. The Balaban J connectivity index is 2.02. The molecule has 1 aromatic rings. The molecule has 0 bridgehead atoms. The number of guanidine groups is 1. The number of carbonyl (C=O) groups excluding carboxylic acids is 1. The fourth-order valence-electron chi connectivity index (χ4n) is 2.73. The third kappa shape index (κ3) is 3.24. The lowest BCUT2D eigenvalue weighted by molar-refractivity contribution is -0.128. The summed E-state index contributed by atoms with van der Waals surface area (Å²) in [5, 5.41) is 0. The largest absolute Gasteiger partial charge is 0.369 e. The van der Waals surface area contributed by atoms with Crippen molar-refractivity contribution in [1.29, 1.82) is 0 Å². The van der Waals surface area contributed by atoms with Crippen LogP contribution in [0.15, 0.2) is 65.5 Å². The van der Waals surface area contributed by atoms with Gasteiger partial charge in [0.15, 0.2) is 5.96 Å². The monoisotopic (exact) mass is 434 g/mol. The minimum absolute atomic E-state index is 0.0303. The van der Waals surface area contributed by atoms with E-state index in [4.69, 9.17) is 5.73 Å². The standard InChI is InChI=1S/C18H19IN4O/c1-18(11-16(24)22(2)17(20)21-18)13-6-3-4-9-23(12-13)15-8-5-7-14(19)10-15/h3-10,12H,11H2,1-2H3,(H2,20,21)/t18-/m0/s1. The third-order valence-electron chi connectivity index (χ3n) is 4.21. The number of allylic oxidation sites excluding steroid dienone is 2. The van der Waals surface area contributed by atoms with Gasteiger partial charge in [-0.25, -0.2) is 4.99 Å². The van der Waals surface area contributed by atoms with Crippen LogP contribution in [-0.4, -0.2) is 29.4 Å². The number of nitrogens with zero attached hydrogens (tertiary/aromatic N) is 3. The molecule has 0 spiro atoms. The van der Waals surface area contributed by atoms with Gasteiger partial charge >= 0.3 is 0 Å². The van der Waals surface area contributed by atoms with E-state index >= 15 is 0 Å². The minimum Gasteiger partial charge on any atom is -0.369 e. The highest BCUT2D eigenvalue weighted by molar-refractivity contribution is 14.1. The van der Waals surface area contributed by atoms with Gasteiger partial charge < -0.3 is 10.6 Å². The summed E-state index contributed by atoms with van der Waals surface area (Å²) < 4.78 is 1.16. The second-order valence-electron chi connectivity index (χ2n) is 6.05. The van der Waals surface area contributed by atoms with Gasteiger partial charge in [0.05, 0.1) is 12.0 Å². The van der Waals surface area contributed by atoms with Crippen molar-refractivity contribution in [3.63, 3.8) is 0 Å². The van der Waals surface area contributed by atoms with Crippen molar-refractivity contribution < 1.29 is 4.79 Å². The molecule has 0 radical (unpaired) electrons. The van der Waals surface area contributed by atoms with Crippen LogP contribution in [0.5, 0.6) is 0 Å². The smallest absolute Gasteiger partial charge is 0.231 e. The summed E-state index contributed by atoms with van der Waals surface area (Å²) in [5.74, 6) is 0.221. The molecule has 2 N–H and O–H groups in total. The first-order valence-corrected chi connectivity index (χ1v) is 8.70. The summed E-state index contributed by atoms with van der Waals surface area (Å²) in [6.45, 7) is 1.94. The van der Waals surface area contributed by atoms with Gasteiger partial charge in [0.2, 0.25) is 5.91 Å². The van der Waals surface area contributed by atoms with Crippen LogP contribution >= 0.6 is 22.6 Å². The minimum atomic E-state index is -0.670.